The second-order valence-electron chi connectivity index (χ2n) is 5.75. The Kier molecular flexibility index (Phi) is 5.98. The molecule has 1 heterocycles. The highest BCUT2D eigenvalue weighted by molar-refractivity contribution is 5.69. The number of rotatable bonds is 6. The van der Waals surface area contributed by atoms with E-state index in [1.165, 1.54) is 14.0 Å². The molecule has 23 heavy (non-hydrogen) atoms. The largest absolute Gasteiger partial charge is 0.469 e. The first-order valence-electron chi connectivity index (χ1n) is 7.85. The number of carbonyl (C=O) groups excluding carboxylic acids is 2. The second kappa shape index (κ2) is 7.97. The highest BCUT2D eigenvalue weighted by atomic mass is 16.6. The van der Waals surface area contributed by atoms with E-state index in [1.807, 2.05) is 30.3 Å². The number of esters is 2. The fourth-order valence-electron chi connectivity index (χ4n) is 2.80. The summed E-state index contributed by atoms with van der Waals surface area (Å²) in [7, 11) is 1.40. The molecule has 0 unspecified atom stereocenters. The zero-order valence-corrected chi connectivity index (χ0v) is 13.7. The number of hydrogen-bond donors (Lipinski definition) is 1. The predicted octanol–water partition coefficient (Wildman–Crippen LogP) is 2.02. The van der Waals surface area contributed by atoms with Gasteiger partial charge in [0.2, 0.25) is 0 Å². The zero-order chi connectivity index (χ0) is 16.7. The van der Waals surface area contributed by atoms with Crippen LogP contribution in [0.25, 0.3) is 0 Å². The van der Waals surface area contributed by atoms with Crippen molar-refractivity contribution in [2.75, 3.05) is 32.1 Å². The first-order valence-corrected chi connectivity index (χ1v) is 7.85. The van der Waals surface area contributed by atoms with E-state index in [0.717, 1.165) is 18.8 Å². The van der Waals surface area contributed by atoms with Crippen LogP contribution in [0.2, 0.25) is 0 Å². The van der Waals surface area contributed by atoms with Crippen LogP contribution in [-0.4, -0.2) is 49.3 Å². The summed E-state index contributed by atoms with van der Waals surface area (Å²) in [5.74, 6) is -0.499. The Balaban J connectivity index is 1.96. The lowest BCUT2D eigenvalue weighted by Crippen LogP contribution is -2.52. The van der Waals surface area contributed by atoms with Gasteiger partial charge in [-0.15, -0.1) is 0 Å². The summed E-state index contributed by atoms with van der Waals surface area (Å²) in [6.45, 7) is 3.60. The van der Waals surface area contributed by atoms with Gasteiger partial charge in [-0.25, -0.2) is 0 Å². The van der Waals surface area contributed by atoms with Gasteiger partial charge in [-0.3, -0.25) is 9.59 Å². The van der Waals surface area contributed by atoms with Crippen LogP contribution in [0.1, 0.15) is 26.2 Å². The molecular weight excluding hydrogens is 296 g/mol. The third kappa shape index (κ3) is 5.25. The number of methoxy groups -OCH3 is 1. The Labute approximate surface area is 136 Å². The van der Waals surface area contributed by atoms with Crippen molar-refractivity contribution in [3.8, 4) is 0 Å². The highest BCUT2D eigenvalue weighted by Gasteiger charge is 2.37. The smallest absolute Gasteiger partial charge is 0.306 e. The van der Waals surface area contributed by atoms with Crippen LogP contribution in [0, 0.1) is 0 Å². The number of para-hydroxylation sites is 1. The van der Waals surface area contributed by atoms with Crippen molar-refractivity contribution >= 4 is 17.6 Å². The maximum atomic E-state index is 11.5. The van der Waals surface area contributed by atoms with Gasteiger partial charge < -0.3 is 19.7 Å². The van der Waals surface area contributed by atoms with Crippen LogP contribution in [0.5, 0.6) is 0 Å². The van der Waals surface area contributed by atoms with E-state index in [9.17, 15) is 9.59 Å². The number of anilines is 1. The van der Waals surface area contributed by atoms with Gasteiger partial charge in [-0.05, 0) is 12.1 Å². The van der Waals surface area contributed by atoms with Crippen molar-refractivity contribution in [3.05, 3.63) is 30.3 Å². The van der Waals surface area contributed by atoms with Crippen LogP contribution in [0.3, 0.4) is 0 Å². The van der Waals surface area contributed by atoms with E-state index in [2.05, 4.69) is 15.0 Å². The number of ether oxygens (including phenoxy) is 2. The van der Waals surface area contributed by atoms with E-state index in [1.54, 1.807) is 0 Å². The van der Waals surface area contributed by atoms with E-state index in [0.29, 0.717) is 25.8 Å². The van der Waals surface area contributed by atoms with Crippen LogP contribution in [-0.2, 0) is 19.1 Å². The van der Waals surface area contributed by atoms with E-state index >= 15 is 0 Å². The van der Waals surface area contributed by atoms with Crippen LogP contribution < -0.4 is 5.32 Å². The maximum Gasteiger partial charge on any atom is 0.306 e. The third-order valence-corrected chi connectivity index (χ3v) is 4.01. The normalized spacial score (nSPS) is 17.3. The summed E-state index contributed by atoms with van der Waals surface area (Å²) in [5, 5.41) is 3.36. The van der Waals surface area contributed by atoms with Crippen LogP contribution in [0.4, 0.5) is 5.69 Å². The average molecular weight is 320 g/mol. The van der Waals surface area contributed by atoms with Crippen molar-refractivity contribution in [1.82, 2.24) is 4.90 Å². The van der Waals surface area contributed by atoms with Gasteiger partial charge in [0.25, 0.3) is 0 Å². The molecule has 1 aromatic rings. The quantitative estimate of drug-likeness (QED) is 0.639. The van der Waals surface area contributed by atoms with Gasteiger partial charge in [0, 0.05) is 45.1 Å². The Morgan fingerprint density at radius 1 is 1.22 bits per heavy atom. The lowest BCUT2D eigenvalue weighted by atomic mass is 9.99. The minimum Gasteiger partial charge on any atom is -0.469 e. The van der Waals surface area contributed by atoms with Crippen molar-refractivity contribution in [2.45, 2.75) is 31.9 Å². The maximum absolute atomic E-state index is 11.5. The lowest BCUT2D eigenvalue weighted by molar-refractivity contribution is -0.158. The summed E-state index contributed by atoms with van der Waals surface area (Å²) < 4.78 is 10.3. The Hall–Kier alpha value is -2.08. The average Bonchev–Trinajstić information content (AvgIpc) is 2.54. The molecule has 126 valence electrons. The first-order chi connectivity index (χ1) is 11.0. The molecule has 0 aromatic heterocycles. The minimum absolute atomic E-state index is 0.204. The minimum atomic E-state index is -0.686. The Bertz CT molecular complexity index is 525. The number of nitrogens with zero attached hydrogens (tertiary/aromatic N) is 1. The number of hydrogen-bond acceptors (Lipinski definition) is 6. The zero-order valence-electron chi connectivity index (χ0n) is 13.7. The summed E-state index contributed by atoms with van der Waals surface area (Å²) in [6, 6.07) is 9.73. The number of likely N-dealkylation sites (tertiary alicyclic amines) is 1. The van der Waals surface area contributed by atoms with Crippen molar-refractivity contribution in [1.29, 1.82) is 0 Å². The van der Waals surface area contributed by atoms with Gasteiger partial charge in [0.05, 0.1) is 13.5 Å². The molecule has 0 bridgehead atoms. The Morgan fingerprint density at radius 2 is 1.87 bits per heavy atom. The molecule has 1 aliphatic heterocycles. The molecular formula is C17H24N2O4. The molecule has 1 aliphatic rings. The van der Waals surface area contributed by atoms with Crippen molar-refractivity contribution < 1.29 is 19.1 Å². The number of benzene rings is 1. The molecule has 1 aromatic carbocycles. The van der Waals surface area contributed by atoms with Gasteiger partial charge in [-0.2, -0.15) is 0 Å². The third-order valence-electron chi connectivity index (χ3n) is 4.01. The van der Waals surface area contributed by atoms with Gasteiger partial charge in [-0.1, -0.05) is 18.2 Å². The molecule has 1 N–H and O–H groups in total. The van der Waals surface area contributed by atoms with Crippen molar-refractivity contribution in [2.24, 2.45) is 0 Å². The number of piperidine rings is 1. The summed E-state index contributed by atoms with van der Waals surface area (Å²) in [4.78, 5) is 24.9. The molecule has 2 rings (SSSR count). The molecule has 0 radical (unpaired) electrons. The molecule has 1 saturated heterocycles. The van der Waals surface area contributed by atoms with Crippen LogP contribution >= 0.6 is 0 Å². The number of carbonyl (C=O) groups is 2. The molecule has 6 nitrogen and oxygen atoms in total. The summed E-state index contributed by atoms with van der Waals surface area (Å²) in [5.41, 5.74) is 0.242. The number of nitrogens with one attached hydrogen (secondary N) is 1. The molecule has 0 aliphatic carbocycles. The topological polar surface area (TPSA) is 67.9 Å². The standard InChI is InChI=1S/C17H24N2O4/c1-14(20)23-17(18-15-6-4-3-5-7-15)9-12-19(13-10-17)11-8-16(21)22-2/h3-7,18H,8-13H2,1-2H3. The van der Waals surface area contributed by atoms with Crippen molar-refractivity contribution in [3.63, 3.8) is 0 Å². The van der Waals surface area contributed by atoms with Gasteiger partial charge in [0.1, 0.15) is 0 Å². The summed E-state index contributed by atoms with van der Waals surface area (Å²) in [6.07, 6.45) is 1.72. The molecule has 6 heteroatoms. The fourth-order valence-corrected chi connectivity index (χ4v) is 2.80. The second-order valence-corrected chi connectivity index (χ2v) is 5.75. The van der Waals surface area contributed by atoms with Crippen LogP contribution in [0.15, 0.2) is 30.3 Å². The van der Waals surface area contributed by atoms with E-state index in [-0.39, 0.29) is 11.9 Å². The fraction of sp³-hybridized carbons (Fsp3) is 0.529. The van der Waals surface area contributed by atoms with Gasteiger partial charge >= 0.3 is 11.9 Å². The molecule has 0 saturated carbocycles. The first kappa shape index (κ1) is 17.3. The molecule has 0 spiro atoms. The molecule has 1 fully saturated rings. The monoisotopic (exact) mass is 320 g/mol. The van der Waals surface area contributed by atoms with E-state index < -0.39 is 5.72 Å². The summed E-state index contributed by atoms with van der Waals surface area (Å²) >= 11 is 0. The molecule has 0 amide bonds. The Morgan fingerprint density at radius 3 is 2.43 bits per heavy atom. The highest BCUT2D eigenvalue weighted by Crippen LogP contribution is 2.28. The predicted molar refractivity (Wildman–Crippen MR) is 86.9 cm³/mol. The van der Waals surface area contributed by atoms with E-state index in [4.69, 9.17) is 4.74 Å². The SMILES string of the molecule is COC(=O)CCN1CCC(Nc2ccccc2)(OC(C)=O)CC1. The van der Waals surface area contributed by atoms with Gasteiger partial charge in [0.15, 0.2) is 5.72 Å². The molecule has 0 atom stereocenters. The lowest BCUT2D eigenvalue weighted by Gasteiger charge is -2.41.